The van der Waals surface area contributed by atoms with E-state index in [4.69, 9.17) is 20.1 Å². The van der Waals surface area contributed by atoms with Gasteiger partial charge < -0.3 is 15.5 Å². The second-order valence-electron chi connectivity index (χ2n) is 9.66. The Morgan fingerprint density at radius 3 is 2.71 bits per heavy atom. The van der Waals surface area contributed by atoms with Crippen molar-refractivity contribution < 1.29 is 8.60 Å². The van der Waals surface area contributed by atoms with Gasteiger partial charge in [-0.1, -0.05) is 29.8 Å². The second-order valence-corrected chi connectivity index (χ2v) is 12.0. The summed E-state index contributed by atoms with van der Waals surface area (Å²) in [6, 6.07) is 13.6. The Hall–Kier alpha value is -2.78. The lowest BCUT2D eigenvalue weighted by Crippen LogP contribution is -2.31. The molecule has 2 aromatic carbocycles. The fraction of sp³-hybridized carbons (Fsp3) is 0.440. The molecule has 2 fully saturated rings. The highest BCUT2D eigenvalue weighted by Gasteiger charge is 2.33. The Morgan fingerprint density at radius 2 is 1.94 bits per heavy atom. The molecule has 1 saturated heterocycles. The molecule has 0 radical (unpaired) electrons. The Labute approximate surface area is 199 Å². The first kappa shape index (κ1) is 21.7. The summed E-state index contributed by atoms with van der Waals surface area (Å²) in [6.45, 7) is 3.74. The van der Waals surface area contributed by atoms with E-state index in [1.165, 1.54) is 0 Å². The van der Waals surface area contributed by atoms with E-state index in [0.29, 0.717) is 37.2 Å². The van der Waals surface area contributed by atoms with Crippen molar-refractivity contribution in [2.75, 3.05) is 35.2 Å². The molecule has 1 aromatic heterocycles. The number of halogens is 1. The van der Waals surface area contributed by atoms with Gasteiger partial charge in [0.15, 0.2) is 0 Å². The molecule has 6 rings (SSSR count). The molecule has 1 unspecified atom stereocenters. The van der Waals surface area contributed by atoms with E-state index < -0.39 is 21.9 Å². The van der Waals surface area contributed by atoms with E-state index in [1.54, 1.807) is 0 Å². The van der Waals surface area contributed by atoms with Crippen molar-refractivity contribution in [1.82, 2.24) is 9.97 Å². The minimum Gasteiger partial charge on any atom is -0.351 e. The molecule has 3 aliphatic rings. The van der Waals surface area contributed by atoms with Gasteiger partial charge in [0.1, 0.15) is 12.0 Å². The predicted molar refractivity (Wildman–Crippen MR) is 134 cm³/mol. The van der Waals surface area contributed by atoms with Crippen LogP contribution in [0.2, 0.25) is 0 Å². The first-order valence-corrected chi connectivity index (χ1v) is 13.6. The molecule has 1 aliphatic carbocycles. The highest BCUT2D eigenvalue weighted by Crippen LogP contribution is 2.34. The standard InChI is InChI=1S/C25H29FN6OS/c1-16-6-9-22-19(12-16)24(32-14-20(26)21(27)15-32)29-25(28-22)31-10-11-34(33,30-18-7-8-18)23-5-3-2-4-17(23)13-31/h2-6,9,12,18,20-21H,7-8,10-11,13-15,27H2,1H3/t20-,21-,34?/m0/s1. The van der Waals surface area contributed by atoms with Crippen LogP contribution in [-0.2, 0) is 16.3 Å². The number of aryl methyl sites for hydroxylation is 1. The zero-order valence-electron chi connectivity index (χ0n) is 19.2. The predicted octanol–water partition coefficient (Wildman–Crippen LogP) is 3.43. The van der Waals surface area contributed by atoms with Crippen molar-refractivity contribution in [3.8, 4) is 0 Å². The molecule has 3 atom stereocenters. The van der Waals surface area contributed by atoms with Gasteiger partial charge in [0.05, 0.1) is 44.5 Å². The molecule has 2 N–H and O–H groups in total. The summed E-state index contributed by atoms with van der Waals surface area (Å²) in [5, 5.41) is 0.896. The molecule has 0 amide bonds. The summed E-state index contributed by atoms with van der Waals surface area (Å²) < 4.78 is 33.1. The maximum absolute atomic E-state index is 14.3. The summed E-state index contributed by atoms with van der Waals surface area (Å²) >= 11 is 0. The average Bonchev–Trinajstić information content (AvgIpc) is 3.59. The lowest BCUT2D eigenvalue weighted by atomic mass is 10.1. The first-order chi connectivity index (χ1) is 16.4. The number of anilines is 2. The lowest BCUT2D eigenvalue weighted by Gasteiger charge is -2.24. The van der Waals surface area contributed by atoms with Crippen LogP contribution in [0, 0.1) is 6.92 Å². The van der Waals surface area contributed by atoms with E-state index >= 15 is 0 Å². The normalized spacial score (nSPS) is 27.0. The number of rotatable bonds is 3. The topological polar surface area (TPSA) is 87.7 Å². The number of hydrogen-bond donors (Lipinski definition) is 1. The van der Waals surface area contributed by atoms with Crippen LogP contribution in [-0.4, -0.2) is 57.8 Å². The lowest BCUT2D eigenvalue weighted by molar-refractivity contribution is 0.333. The van der Waals surface area contributed by atoms with Crippen LogP contribution in [0.15, 0.2) is 51.7 Å². The zero-order valence-corrected chi connectivity index (χ0v) is 20.0. The number of fused-ring (bicyclic) bond motifs is 2. The van der Waals surface area contributed by atoms with Gasteiger partial charge in [-0.2, -0.15) is 4.98 Å². The third-order valence-electron chi connectivity index (χ3n) is 6.87. The van der Waals surface area contributed by atoms with Gasteiger partial charge >= 0.3 is 0 Å². The van der Waals surface area contributed by atoms with Crippen molar-refractivity contribution in [2.24, 2.45) is 10.1 Å². The molecular weight excluding hydrogens is 451 g/mol. The van der Waals surface area contributed by atoms with E-state index in [9.17, 15) is 8.60 Å². The molecule has 178 valence electrons. The third kappa shape index (κ3) is 3.90. The summed E-state index contributed by atoms with van der Waals surface area (Å²) in [6.07, 6.45) is 0.956. The molecule has 7 nitrogen and oxygen atoms in total. The van der Waals surface area contributed by atoms with Crippen LogP contribution in [0.25, 0.3) is 10.9 Å². The van der Waals surface area contributed by atoms with Gasteiger partial charge in [-0.25, -0.2) is 17.9 Å². The molecule has 0 bridgehead atoms. The van der Waals surface area contributed by atoms with E-state index in [1.807, 2.05) is 54.3 Å². The summed E-state index contributed by atoms with van der Waals surface area (Å²) in [7, 11) is -2.50. The Kier molecular flexibility index (Phi) is 5.22. The van der Waals surface area contributed by atoms with Gasteiger partial charge in [-0.15, -0.1) is 0 Å². The number of benzene rings is 2. The minimum absolute atomic E-state index is 0.215. The highest BCUT2D eigenvalue weighted by molar-refractivity contribution is 7.93. The van der Waals surface area contributed by atoms with Crippen LogP contribution in [0.1, 0.15) is 24.0 Å². The van der Waals surface area contributed by atoms with Gasteiger partial charge in [0.25, 0.3) is 0 Å². The molecule has 9 heteroatoms. The van der Waals surface area contributed by atoms with Gasteiger partial charge in [0.2, 0.25) is 5.95 Å². The van der Waals surface area contributed by atoms with Gasteiger partial charge in [-0.05, 0) is 43.5 Å². The van der Waals surface area contributed by atoms with Crippen molar-refractivity contribution in [2.45, 2.75) is 49.5 Å². The van der Waals surface area contributed by atoms with Gasteiger partial charge in [0, 0.05) is 25.0 Å². The number of hydrogen-bond acceptors (Lipinski definition) is 7. The molecule has 1 saturated carbocycles. The molecule has 3 aromatic rings. The van der Waals surface area contributed by atoms with Crippen molar-refractivity contribution in [3.63, 3.8) is 0 Å². The minimum atomic E-state index is -2.50. The number of nitrogens with two attached hydrogens (primary N) is 1. The van der Waals surface area contributed by atoms with Crippen LogP contribution >= 0.6 is 0 Å². The molecule has 0 spiro atoms. The zero-order chi connectivity index (χ0) is 23.4. The maximum Gasteiger partial charge on any atom is 0.228 e. The molecule has 34 heavy (non-hydrogen) atoms. The summed E-state index contributed by atoms with van der Waals surface area (Å²) in [4.78, 5) is 14.7. The van der Waals surface area contributed by atoms with E-state index in [2.05, 4.69) is 4.90 Å². The number of aromatic nitrogens is 2. The molecular formula is C25H29FN6OS. The quantitative estimate of drug-likeness (QED) is 0.618. The number of alkyl halides is 1. The van der Waals surface area contributed by atoms with Crippen molar-refractivity contribution in [3.05, 3.63) is 53.6 Å². The summed E-state index contributed by atoms with van der Waals surface area (Å²) in [5.74, 6) is 1.71. The first-order valence-electron chi connectivity index (χ1n) is 11.9. The Morgan fingerprint density at radius 1 is 1.12 bits per heavy atom. The van der Waals surface area contributed by atoms with Crippen molar-refractivity contribution >= 4 is 32.4 Å². The van der Waals surface area contributed by atoms with Crippen LogP contribution < -0.4 is 15.5 Å². The monoisotopic (exact) mass is 480 g/mol. The van der Waals surface area contributed by atoms with E-state index in [-0.39, 0.29) is 12.6 Å². The maximum atomic E-state index is 14.3. The molecule has 3 heterocycles. The second kappa shape index (κ2) is 8.16. The highest BCUT2D eigenvalue weighted by atomic mass is 32.2. The SMILES string of the molecule is Cc1ccc2nc(N3CCS(=O)(=NC4CC4)c4ccccc4C3)nc(N3C[C@H](N)[C@@H](F)C3)c2c1. The Bertz CT molecular complexity index is 1370. The fourth-order valence-electron chi connectivity index (χ4n) is 4.83. The van der Waals surface area contributed by atoms with Gasteiger partial charge in [-0.3, -0.25) is 0 Å². The van der Waals surface area contributed by atoms with Crippen LogP contribution in [0.3, 0.4) is 0 Å². The van der Waals surface area contributed by atoms with E-state index in [0.717, 1.165) is 39.8 Å². The Balaban J connectivity index is 1.44. The van der Waals surface area contributed by atoms with Crippen LogP contribution in [0.4, 0.5) is 16.2 Å². The fourth-order valence-corrected chi connectivity index (χ4v) is 7.27. The number of nitrogens with zero attached hydrogens (tertiary/aromatic N) is 5. The largest absolute Gasteiger partial charge is 0.351 e. The van der Waals surface area contributed by atoms with Crippen molar-refractivity contribution in [1.29, 1.82) is 0 Å². The smallest absolute Gasteiger partial charge is 0.228 e. The summed E-state index contributed by atoms with van der Waals surface area (Å²) in [5.41, 5.74) is 8.89. The molecule has 2 aliphatic heterocycles. The third-order valence-corrected chi connectivity index (χ3v) is 9.33. The average molecular weight is 481 g/mol. The van der Waals surface area contributed by atoms with Crippen LogP contribution in [0.5, 0.6) is 0 Å².